The van der Waals surface area contributed by atoms with Gasteiger partial charge in [0, 0.05) is 14.1 Å². The highest BCUT2D eigenvalue weighted by atomic mass is 16.5. The van der Waals surface area contributed by atoms with E-state index < -0.39 is 0 Å². The normalized spacial score (nSPS) is 10.4. The lowest BCUT2D eigenvalue weighted by Gasteiger charge is -2.14. The maximum absolute atomic E-state index is 5.82. The number of nitrogen functional groups attached to an aromatic ring is 1. The molecule has 0 aliphatic heterocycles. The third-order valence-electron chi connectivity index (χ3n) is 3.09. The fraction of sp³-hybridized carbons (Fsp3) is 0.357. The van der Waals surface area contributed by atoms with E-state index in [0.717, 1.165) is 22.4 Å². The highest BCUT2D eigenvalue weighted by Crippen LogP contribution is 2.29. The number of aryl methyl sites for hydroxylation is 2. The van der Waals surface area contributed by atoms with Crippen LogP contribution < -0.4 is 15.4 Å². The molecule has 0 spiro atoms. The highest BCUT2D eigenvalue weighted by Gasteiger charge is 2.12. The summed E-state index contributed by atoms with van der Waals surface area (Å²) in [4.78, 5) is 14.1. The van der Waals surface area contributed by atoms with Crippen LogP contribution in [0.5, 0.6) is 11.8 Å². The summed E-state index contributed by atoms with van der Waals surface area (Å²) in [5, 5.41) is 0. The summed E-state index contributed by atoms with van der Waals surface area (Å²) in [6, 6.07) is 4.28. The predicted octanol–water partition coefficient (Wildman–Crippen LogP) is 2.24. The van der Waals surface area contributed by atoms with E-state index in [9.17, 15) is 0 Å². The molecule has 0 amide bonds. The molecule has 0 fully saturated rings. The van der Waals surface area contributed by atoms with Crippen LogP contribution in [0.3, 0.4) is 0 Å². The summed E-state index contributed by atoms with van der Waals surface area (Å²) in [5.41, 5.74) is 8.93. The summed E-state index contributed by atoms with van der Waals surface area (Å²) in [6.07, 6.45) is 0. The largest absolute Gasteiger partial charge is 0.424 e. The number of aromatic nitrogens is 3. The molecule has 0 aliphatic carbocycles. The quantitative estimate of drug-likeness (QED) is 0.924. The van der Waals surface area contributed by atoms with Crippen LogP contribution in [0.4, 0.5) is 11.9 Å². The van der Waals surface area contributed by atoms with E-state index in [4.69, 9.17) is 10.5 Å². The average molecular weight is 273 g/mol. The van der Waals surface area contributed by atoms with Crippen molar-refractivity contribution in [2.24, 2.45) is 0 Å². The molecular formula is C14H19N5O. The summed E-state index contributed by atoms with van der Waals surface area (Å²) < 4.78 is 5.82. The van der Waals surface area contributed by atoms with Crippen molar-refractivity contribution in [2.75, 3.05) is 24.7 Å². The molecule has 0 saturated carbocycles. The monoisotopic (exact) mass is 273 g/mol. The Morgan fingerprint density at radius 2 is 1.65 bits per heavy atom. The number of hydrogen-bond acceptors (Lipinski definition) is 6. The highest BCUT2D eigenvalue weighted by molar-refractivity contribution is 5.46. The van der Waals surface area contributed by atoms with Crippen molar-refractivity contribution < 1.29 is 4.74 Å². The number of anilines is 2. The predicted molar refractivity (Wildman–Crippen MR) is 79.3 cm³/mol. The number of hydrogen-bond donors (Lipinski definition) is 1. The van der Waals surface area contributed by atoms with Gasteiger partial charge in [-0.25, -0.2) is 0 Å². The average Bonchev–Trinajstić information content (AvgIpc) is 2.38. The summed E-state index contributed by atoms with van der Waals surface area (Å²) in [5.74, 6) is 1.37. The molecule has 2 rings (SSSR count). The van der Waals surface area contributed by atoms with Crippen LogP contribution in [0.1, 0.15) is 16.7 Å². The van der Waals surface area contributed by atoms with Crippen molar-refractivity contribution >= 4 is 11.9 Å². The van der Waals surface area contributed by atoms with Crippen LogP contribution in [0.15, 0.2) is 12.1 Å². The van der Waals surface area contributed by atoms with Gasteiger partial charge in [0.25, 0.3) is 0 Å². The zero-order valence-corrected chi connectivity index (χ0v) is 12.4. The van der Waals surface area contributed by atoms with E-state index in [0.29, 0.717) is 5.95 Å². The molecule has 1 aromatic heterocycles. The van der Waals surface area contributed by atoms with Gasteiger partial charge in [0.05, 0.1) is 0 Å². The van der Waals surface area contributed by atoms with Crippen LogP contribution in [0.2, 0.25) is 0 Å². The van der Waals surface area contributed by atoms with Gasteiger partial charge in [0.2, 0.25) is 11.9 Å². The van der Waals surface area contributed by atoms with Crippen LogP contribution in [-0.2, 0) is 0 Å². The van der Waals surface area contributed by atoms with Crippen molar-refractivity contribution in [2.45, 2.75) is 20.8 Å². The molecular weight excluding hydrogens is 254 g/mol. The summed E-state index contributed by atoms with van der Waals surface area (Å²) in [7, 11) is 3.67. The molecule has 2 N–H and O–H groups in total. The Morgan fingerprint density at radius 1 is 1.00 bits per heavy atom. The van der Waals surface area contributed by atoms with Gasteiger partial charge >= 0.3 is 6.01 Å². The minimum absolute atomic E-state index is 0.140. The van der Waals surface area contributed by atoms with E-state index in [1.54, 1.807) is 4.90 Å². The van der Waals surface area contributed by atoms with Crippen molar-refractivity contribution in [1.82, 2.24) is 15.0 Å². The van der Waals surface area contributed by atoms with Gasteiger partial charge in [-0.2, -0.15) is 15.0 Å². The second-order valence-corrected chi connectivity index (χ2v) is 4.93. The minimum Gasteiger partial charge on any atom is -0.424 e. The van der Waals surface area contributed by atoms with E-state index in [1.165, 1.54) is 0 Å². The number of nitrogens with zero attached hydrogens (tertiary/aromatic N) is 4. The van der Waals surface area contributed by atoms with Crippen molar-refractivity contribution in [1.29, 1.82) is 0 Å². The second-order valence-electron chi connectivity index (χ2n) is 4.93. The Hall–Kier alpha value is -2.37. The van der Waals surface area contributed by atoms with E-state index in [1.807, 2.05) is 40.9 Å². The Balaban J connectivity index is 2.43. The lowest BCUT2D eigenvalue weighted by atomic mass is 10.1. The van der Waals surface area contributed by atoms with Gasteiger partial charge in [0.1, 0.15) is 5.75 Å². The van der Waals surface area contributed by atoms with Crippen LogP contribution in [0.25, 0.3) is 0 Å². The van der Waals surface area contributed by atoms with Gasteiger partial charge in [-0.05, 0) is 37.5 Å². The van der Waals surface area contributed by atoms with Crippen LogP contribution >= 0.6 is 0 Å². The van der Waals surface area contributed by atoms with Gasteiger partial charge in [-0.15, -0.1) is 0 Å². The minimum atomic E-state index is 0.140. The third kappa shape index (κ3) is 2.79. The Labute approximate surface area is 118 Å². The lowest BCUT2D eigenvalue weighted by Crippen LogP contribution is -2.15. The third-order valence-corrected chi connectivity index (χ3v) is 3.09. The summed E-state index contributed by atoms with van der Waals surface area (Å²) in [6.45, 7) is 6.03. The van der Waals surface area contributed by atoms with Crippen molar-refractivity contribution in [3.05, 3.63) is 28.8 Å². The standard InChI is InChI=1S/C14H19N5O/c1-8-6-7-9(2)11(10(8)3)20-14-17-12(15)16-13(18-14)19(4)5/h6-7H,1-5H3,(H2,15,16,17,18). The molecule has 106 valence electrons. The van der Waals surface area contributed by atoms with Crippen molar-refractivity contribution in [3.63, 3.8) is 0 Å². The fourth-order valence-corrected chi connectivity index (χ4v) is 1.78. The summed E-state index contributed by atoms with van der Waals surface area (Å²) >= 11 is 0. The molecule has 1 aromatic carbocycles. The van der Waals surface area contributed by atoms with E-state index >= 15 is 0 Å². The number of rotatable bonds is 3. The van der Waals surface area contributed by atoms with Gasteiger partial charge in [-0.3, -0.25) is 0 Å². The molecule has 6 nitrogen and oxygen atoms in total. The second kappa shape index (κ2) is 5.32. The first-order valence-corrected chi connectivity index (χ1v) is 6.32. The molecule has 0 atom stereocenters. The molecule has 0 unspecified atom stereocenters. The molecule has 0 radical (unpaired) electrons. The van der Waals surface area contributed by atoms with Crippen LogP contribution in [-0.4, -0.2) is 29.0 Å². The Kier molecular flexibility index (Phi) is 3.74. The molecule has 0 bridgehead atoms. The smallest absolute Gasteiger partial charge is 0.328 e. The van der Waals surface area contributed by atoms with Gasteiger partial charge in [0.15, 0.2) is 0 Å². The molecule has 2 aromatic rings. The zero-order valence-electron chi connectivity index (χ0n) is 12.4. The number of nitrogens with two attached hydrogens (primary N) is 1. The Morgan fingerprint density at radius 3 is 2.30 bits per heavy atom. The van der Waals surface area contributed by atoms with Gasteiger partial charge in [-0.1, -0.05) is 12.1 Å². The van der Waals surface area contributed by atoms with E-state index in [2.05, 4.69) is 21.0 Å². The first-order valence-electron chi connectivity index (χ1n) is 6.32. The molecule has 1 heterocycles. The fourth-order valence-electron chi connectivity index (χ4n) is 1.78. The molecule has 6 heteroatoms. The molecule has 0 saturated heterocycles. The van der Waals surface area contributed by atoms with Gasteiger partial charge < -0.3 is 15.4 Å². The first-order chi connectivity index (χ1) is 9.38. The maximum Gasteiger partial charge on any atom is 0.328 e. The SMILES string of the molecule is Cc1ccc(C)c(Oc2nc(N)nc(N(C)C)n2)c1C. The maximum atomic E-state index is 5.82. The Bertz CT molecular complexity index is 640. The zero-order chi connectivity index (χ0) is 14.9. The molecule has 20 heavy (non-hydrogen) atoms. The van der Waals surface area contributed by atoms with E-state index in [-0.39, 0.29) is 12.0 Å². The number of benzene rings is 1. The van der Waals surface area contributed by atoms with Crippen LogP contribution in [0, 0.1) is 20.8 Å². The lowest BCUT2D eigenvalue weighted by molar-refractivity contribution is 0.434. The molecule has 0 aliphatic rings. The first kappa shape index (κ1) is 14.0. The topological polar surface area (TPSA) is 77.2 Å². The number of ether oxygens (including phenoxy) is 1. The van der Waals surface area contributed by atoms with Crippen molar-refractivity contribution in [3.8, 4) is 11.8 Å².